The average Bonchev–Trinajstić information content (AvgIpc) is 3.24. The summed E-state index contributed by atoms with van der Waals surface area (Å²) < 4.78 is 0. The Morgan fingerprint density at radius 3 is 1.20 bits per heavy atom. The topological polar surface area (TPSA) is 29.0 Å². The van der Waals surface area contributed by atoms with Gasteiger partial charge in [-0.3, -0.25) is 0 Å². The molecule has 303 valence electrons. The molecule has 3 nitrogen and oxygen atoms in total. The minimum Gasteiger partial charge on any atom is -0.311 e. The van der Waals surface area contributed by atoms with Crippen LogP contribution in [0.4, 0.5) is 17.1 Å². The Hall–Kier alpha value is -5.93. The molecule has 0 N–H and O–H groups in total. The molecule has 8 aromatic rings. The van der Waals surface area contributed by atoms with Crippen LogP contribution in [0, 0.1) is 26.0 Å². The predicted molar refractivity (Wildman–Crippen MR) is 249 cm³/mol. The van der Waals surface area contributed by atoms with Crippen LogP contribution in [0.1, 0.15) is 63.8 Å². The van der Waals surface area contributed by atoms with Crippen LogP contribution in [0.15, 0.2) is 176 Å². The molecule has 8 rings (SSSR count). The molecule has 6 aromatic carbocycles. The Morgan fingerprint density at radius 1 is 0.417 bits per heavy atom. The molecule has 0 aliphatic carbocycles. The van der Waals surface area contributed by atoms with E-state index in [-0.39, 0.29) is 30.9 Å². The smallest absolute Gasteiger partial charge is 0.0462 e. The van der Waals surface area contributed by atoms with Crippen LogP contribution < -0.4 is 4.90 Å². The molecular weight excluding hydrogens is 907 g/mol. The molecule has 0 fully saturated rings. The van der Waals surface area contributed by atoms with E-state index < -0.39 is 0 Å². The second-order valence-electron chi connectivity index (χ2n) is 17.3. The van der Waals surface area contributed by atoms with E-state index in [1.807, 2.05) is 60.9 Å². The molecule has 4 heteroatoms. The zero-order chi connectivity index (χ0) is 41.6. The van der Waals surface area contributed by atoms with Crippen LogP contribution in [0.25, 0.3) is 44.8 Å². The average molecular weight is 960 g/mol. The quantitative estimate of drug-likeness (QED) is 0.149. The van der Waals surface area contributed by atoms with E-state index in [9.17, 15) is 0 Å². The number of hydrogen-bond donors (Lipinski definition) is 0. The third-order valence-electron chi connectivity index (χ3n) is 10.5. The standard InChI is InChI=1S/C37H37N2.C19H16N.Ir/c1-36(2,3)30-15-21-33(22-16-30)39(34-23-17-31(18-24-34)37(4,5)6)32-19-13-27(14-20-32)28-10-9-11-29(26-28)35-12-7-8-25-38-35;1-14-10-15(2)12-18(11-14)16-6-5-7-17(13-16)19-8-3-4-9-20-19;/h7-10,12-26H,1-6H3;3-6,8-13H,1-2H3;/q2*-1;. The Balaban J connectivity index is 0.000000241. The zero-order valence-corrected chi connectivity index (χ0v) is 38.3. The van der Waals surface area contributed by atoms with Gasteiger partial charge in [0.25, 0.3) is 0 Å². The fourth-order valence-electron chi connectivity index (χ4n) is 7.24. The number of anilines is 3. The van der Waals surface area contributed by atoms with Crippen molar-refractivity contribution in [3.05, 3.63) is 211 Å². The first kappa shape index (κ1) is 43.6. The molecular formula is C56H53IrN3-2. The predicted octanol–water partition coefficient (Wildman–Crippen LogP) is 15.1. The number of nitrogens with zero attached hydrogens (tertiary/aromatic N) is 3. The molecule has 0 aliphatic heterocycles. The molecule has 2 aromatic heterocycles. The number of pyridine rings is 2. The van der Waals surface area contributed by atoms with Crippen LogP contribution in [0.3, 0.4) is 0 Å². The van der Waals surface area contributed by atoms with Crippen molar-refractivity contribution in [1.29, 1.82) is 0 Å². The molecule has 0 amide bonds. The Morgan fingerprint density at radius 2 is 0.817 bits per heavy atom. The van der Waals surface area contributed by atoms with E-state index in [1.165, 1.54) is 33.4 Å². The SMILES string of the molecule is CC(C)(C)c1ccc(N(c2ccc(-c3cc[c-]c(-c4ccccn4)c3)cc2)c2ccc(C(C)(C)C)cc2)cc1.Cc1cc(C)cc(-c2cc[c-]c(-c3ccccn3)c2)c1.[Ir]. The normalized spacial score (nSPS) is 11.2. The van der Waals surface area contributed by atoms with Crippen molar-refractivity contribution < 1.29 is 20.1 Å². The van der Waals surface area contributed by atoms with Gasteiger partial charge >= 0.3 is 0 Å². The largest absolute Gasteiger partial charge is 0.311 e. The fraction of sp³-hybridized carbons (Fsp3) is 0.179. The summed E-state index contributed by atoms with van der Waals surface area (Å²) in [4.78, 5) is 11.2. The number of benzene rings is 6. The minimum absolute atomic E-state index is 0. The Labute approximate surface area is 371 Å². The van der Waals surface area contributed by atoms with Crippen LogP contribution in [-0.2, 0) is 30.9 Å². The van der Waals surface area contributed by atoms with E-state index in [4.69, 9.17) is 0 Å². The van der Waals surface area contributed by atoms with E-state index in [2.05, 4.69) is 198 Å². The van der Waals surface area contributed by atoms with Gasteiger partial charge in [0.1, 0.15) is 0 Å². The first-order chi connectivity index (χ1) is 28.3. The van der Waals surface area contributed by atoms with Crippen molar-refractivity contribution in [1.82, 2.24) is 9.97 Å². The third kappa shape index (κ3) is 10.8. The van der Waals surface area contributed by atoms with Crippen molar-refractivity contribution in [2.24, 2.45) is 0 Å². The van der Waals surface area contributed by atoms with E-state index in [0.717, 1.165) is 50.7 Å². The van der Waals surface area contributed by atoms with E-state index in [0.29, 0.717) is 0 Å². The molecule has 0 spiro atoms. The van der Waals surface area contributed by atoms with Gasteiger partial charge in [0.15, 0.2) is 0 Å². The van der Waals surface area contributed by atoms with Crippen LogP contribution in [-0.4, -0.2) is 9.97 Å². The summed E-state index contributed by atoms with van der Waals surface area (Å²) in [5, 5.41) is 0. The summed E-state index contributed by atoms with van der Waals surface area (Å²) in [5.74, 6) is 0. The molecule has 0 aliphatic rings. The monoisotopic (exact) mass is 960 g/mol. The van der Waals surface area contributed by atoms with Gasteiger partial charge in [0.05, 0.1) is 0 Å². The maximum atomic E-state index is 4.49. The van der Waals surface area contributed by atoms with Gasteiger partial charge in [-0.2, -0.15) is 0 Å². The Bertz CT molecular complexity index is 2520. The summed E-state index contributed by atoms with van der Waals surface area (Å²) in [6, 6.07) is 64.3. The molecule has 0 bridgehead atoms. The number of aryl methyl sites for hydroxylation is 2. The summed E-state index contributed by atoms with van der Waals surface area (Å²) in [7, 11) is 0. The maximum absolute atomic E-state index is 4.49. The molecule has 0 saturated carbocycles. The van der Waals surface area contributed by atoms with Gasteiger partial charge < -0.3 is 14.9 Å². The van der Waals surface area contributed by atoms with E-state index in [1.54, 1.807) is 0 Å². The third-order valence-corrected chi connectivity index (χ3v) is 10.5. The number of aromatic nitrogens is 2. The first-order valence-electron chi connectivity index (χ1n) is 20.4. The van der Waals surface area contributed by atoms with E-state index >= 15 is 0 Å². The van der Waals surface area contributed by atoms with Gasteiger partial charge in [-0.15, -0.1) is 70.8 Å². The summed E-state index contributed by atoms with van der Waals surface area (Å²) in [6.07, 6.45) is 3.63. The molecule has 0 saturated heterocycles. The molecule has 60 heavy (non-hydrogen) atoms. The van der Waals surface area contributed by atoms with Crippen molar-refractivity contribution in [2.45, 2.75) is 66.2 Å². The summed E-state index contributed by atoms with van der Waals surface area (Å²) in [5.41, 5.74) is 17.5. The second kappa shape index (κ2) is 19.0. The number of hydrogen-bond acceptors (Lipinski definition) is 3. The fourth-order valence-corrected chi connectivity index (χ4v) is 7.24. The number of rotatable bonds is 7. The van der Waals surface area contributed by atoms with Crippen molar-refractivity contribution in [2.75, 3.05) is 4.90 Å². The van der Waals surface area contributed by atoms with Gasteiger partial charge in [-0.05, 0) is 107 Å². The van der Waals surface area contributed by atoms with Crippen molar-refractivity contribution in [3.63, 3.8) is 0 Å². The second-order valence-corrected chi connectivity index (χ2v) is 17.3. The molecule has 0 unspecified atom stereocenters. The molecule has 0 atom stereocenters. The van der Waals surface area contributed by atoms with Crippen LogP contribution in [0.2, 0.25) is 0 Å². The van der Waals surface area contributed by atoms with Gasteiger partial charge in [-0.25, -0.2) is 0 Å². The maximum Gasteiger partial charge on any atom is 0.0462 e. The van der Waals surface area contributed by atoms with Gasteiger partial charge in [0, 0.05) is 49.6 Å². The van der Waals surface area contributed by atoms with Gasteiger partial charge in [0.2, 0.25) is 0 Å². The van der Waals surface area contributed by atoms with Crippen LogP contribution in [0.5, 0.6) is 0 Å². The molecule has 2 heterocycles. The minimum atomic E-state index is 0. The summed E-state index contributed by atoms with van der Waals surface area (Å²) >= 11 is 0. The zero-order valence-electron chi connectivity index (χ0n) is 35.9. The summed E-state index contributed by atoms with van der Waals surface area (Å²) in [6.45, 7) is 17.8. The molecule has 1 radical (unpaired) electrons. The van der Waals surface area contributed by atoms with Gasteiger partial charge in [-0.1, -0.05) is 132 Å². The van der Waals surface area contributed by atoms with Crippen molar-refractivity contribution in [3.8, 4) is 44.8 Å². The van der Waals surface area contributed by atoms with Crippen molar-refractivity contribution >= 4 is 17.1 Å². The first-order valence-corrected chi connectivity index (χ1v) is 20.4. The van der Waals surface area contributed by atoms with Crippen LogP contribution >= 0.6 is 0 Å². The Kier molecular flexibility index (Phi) is 13.8.